The molecule has 2 rings (SSSR count). The number of morpholine rings is 1. The molecule has 0 saturated carbocycles. The third-order valence-corrected chi connectivity index (χ3v) is 3.29. The maximum atomic E-state index is 5.55. The first kappa shape index (κ1) is 13.5. The lowest BCUT2D eigenvalue weighted by atomic mass is 9.96. The van der Waals surface area contributed by atoms with Crippen molar-refractivity contribution in [3.05, 3.63) is 11.7 Å². The average Bonchev–Trinajstić information content (AvgIpc) is 2.77. The Morgan fingerprint density at radius 3 is 2.67 bits per heavy atom. The number of rotatable bonds is 2. The largest absolute Gasteiger partial charge is 0.376 e. The van der Waals surface area contributed by atoms with Gasteiger partial charge in [0.1, 0.15) is 0 Å². The summed E-state index contributed by atoms with van der Waals surface area (Å²) in [6.45, 7) is 13.1. The van der Waals surface area contributed by atoms with Gasteiger partial charge in [0.25, 0.3) is 0 Å². The molecular weight excluding hydrogens is 230 g/mol. The first-order chi connectivity index (χ1) is 8.38. The highest BCUT2D eigenvalue weighted by molar-refractivity contribution is 5.02. The number of aromatic nitrogens is 2. The van der Waals surface area contributed by atoms with E-state index >= 15 is 0 Å². The number of ether oxygens (including phenoxy) is 1. The van der Waals surface area contributed by atoms with Crippen LogP contribution in [0.15, 0.2) is 4.52 Å². The Kier molecular flexibility index (Phi) is 3.73. The Bertz CT molecular complexity index is 397. The molecule has 1 fully saturated rings. The molecule has 0 radical (unpaired) electrons. The number of hydrogen-bond acceptors (Lipinski definition) is 5. The second-order valence-corrected chi connectivity index (χ2v) is 6.06. The highest BCUT2D eigenvalue weighted by Gasteiger charge is 2.28. The quantitative estimate of drug-likeness (QED) is 0.808. The summed E-state index contributed by atoms with van der Waals surface area (Å²) < 4.78 is 10.9. The van der Waals surface area contributed by atoms with Crippen molar-refractivity contribution in [1.29, 1.82) is 0 Å². The van der Waals surface area contributed by atoms with Crippen molar-refractivity contribution in [3.8, 4) is 0 Å². The lowest BCUT2D eigenvalue weighted by Crippen LogP contribution is -2.42. The molecule has 0 spiro atoms. The zero-order valence-corrected chi connectivity index (χ0v) is 11.9. The van der Waals surface area contributed by atoms with E-state index in [4.69, 9.17) is 9.26 Å². The molecule has 0 aromatic carbocycles. The molecule has 0 bridgehead atoms. The van der Waals surface area contributed by atoms with Gasteiger partial charge in [0, 0.05) is 18.5 Å². The monoisotopic (exact) mass is 253 g/mol. The lowest BCUT2D eigenvalue weighted by molar-refractivity contribution is -0.0361. The van der Waals surface area contributed by atoms with Gasteiger partial charge in [0.15, 0.2) is 5.82 Å². The zero-order valence-electron chi connectivity index (χ0n) is 11.9. The summed E-state index contributed by atoms with van der Waals surface area (Å²) >= 11 is 0. The van der Waals surface area contributed by atoms with Gasteiger partial charge in [0.2, 0.25) is 5.89 Å². The van der Waals surface area contributed by atoms with Gasteiger partial charge < -0.3 is 9.26 Å². The van der Waals surface area contributed by atoms with Crippen LogP contribution in [-0.2, 0) is 10.2 Å². The van der Waals surface area contributed by atoms with Crippen molar-refractivity contribution in [2.45, 2.75) is 52.2 Å². The predicted octanol–water partition coefficient (Wildman–Crippen LogP) is 2.15. The summed E-state index contributed by atoms with van der Waals surface area (Å²) in [5.41, 5.74) is -0.0697. The summed E-state index contributed by atoms with van der Waals surface area (Å²) in [4.78, 5) is 6.85. The lowest BCUT2D eigenvalue weighted by Gasteiger charge is -2.33. The highest BCUT2D eigenvalue weighted by Crippen LogP contribution is 2.24. The van der Waals surface area contributed by atoms with Gasteiger partial charge in [-0.05, 0) is 13.8 Å². The van der Waals surface area contributed by atoms with E-state index in [9.17, 15) is 0 Å². The smallest absolute Gasteiger partial charge is 0.243 e. The first-order valence-corrected chi connectivity index (χ1v) is 6.57. The van der Waals surface area contributed by atoms with Crippen LogP contribution in [0.2, 0.25) is 0 Å². The molecule has 0 aliphatic carbocycles. The standard InChI is InChI=1S/C13H23N3O2/c1-9-8-16(6-7-17-9)10(2)11-14-12(15-18-11)13(3,4)5/h9-10H,6-8H2,1-5H3/t9-,10-/m0/s1. The molecule has 1 aromatic rings. The molecule has 2 atom stereocenters. The molecule has 1 aliphatic heterocycles. The molecule has 18 heavy (non-hydrogen) atoms. The van der Waals surface area contributed by atoms with E-state index in [0.717, 1.165) is 25.5 Å². The van der Waals surface area contributed by atoms with Gasteiger partial charge in [-0.1, -0.05) is 25.9 Å². The van der Waals surface area contributed by atoms with Crippen LogP contribution in [0.4, 0.5) is 0 Å². The molecule has 2 heterocycles. The minimum absolute atomic E-state index is 0.0697. The van der Waals surface area contributed by atoms with E-state index in [0.29, 0.717) is 5.89 Å². The van der Waals surface area contributed by atoms with Crippen molar-refractivity contribution in [3.63, 3.8) is 0 Å². The molecule has 0 unspecified atom stereocenters. The SMILES string of the molecule is C[C@H]1CN([C@@H](C)c2nc(C(C)(C)C)no2)CCO1. The third-order valence-electron chi connectivity index (χ3n) is 3.29. The van der Waals surface area contributed by atoms with E-state index in [-0.39, 0.29) is 17.6 Å². The number of hydrogen-bond donors (Lipinski definition) is 0. The normalized spacial score (nSPS) is 24.2. The zero-order chi connectivity index (χ0) is 13.3. The van der Waals surface area contributed by atoms with E-state index in [1.54, 1.807) is 0 Å². The van der Waals surface area contributed by atoms with Gasteiger partial charge in [-0.25, -0.2) is 0 Å². The Morgan fingerprint density at radius 1 is 1.39 bits per heavy atom. The van der Waals surface area contributed by atoms with Crippen molar-refractivity contribution in [2.75, 3.05) is 19.7 Å². The van der Waals surface area contributed by atoms with Crippen molar-refractivity contribution >= 4 is 0 Å². The van der Waals surface area contributed by atoms with Crippen molar-refractivity contribution in [2.24, 2.45) is 0 Å². The molecule has 0 N–H and O–H groups in total. The number of nitrogens with zero attached hydrogens (tertiary/aromatic N) is 3. The highest BCUT2D eigenvalue weighted by atomic mass is 16.5. The molecule has 1 saturated heterocycles. The molecule has 5 nitrogen and oxygen atoms in total. The van der Waals surface area contributed by atoms with Crippen LogP contribution in [0.5, 0.6) is 0 Å². The summed E-state index contributed by atoms with van der Waals surface area (Å²) in [6.07, 6.45) is 0.270. The van der Waals surface area contributed by atoms with Crippen molar-refractivity contribution < 1.29 is 9.26 Å². The molecule has 1 aromatic heterocycles. The van der Waals surface area contributed by atoms with Crippen LogP contribution in [0.3, 0.4) is 0 Å². The topological polar surface area (TPSA) is 51.4 Å². The van der Waals surface area contributed by atoms with E-state index in [2.05, 4.69) is 49.7 Å². The summed E-state index contributed by atoms with van der Waals surface area (Å²) in [5.74, 6) is 1.47. The Hall–Kier alpha value is -0.940. The fourth-order valence-corrected chi connectivity index (χ4v) is 2.06. The van der Waals surface area contributed by atoms with E-state index in [1.165, 1.54) is 0 Å². The fraction of sp³-hybridized carbons (Fsp3) is 0.846. The maximum Gasteiger partial charge on any atom is 0.243 e. The summed E-state index contributed by atoms with van der Waals surface area (Å²) in [5, 5.41) is 4.08. The third kappa shape index (κ3) is 2.90. The molecule has 102 valence electrons. The molecule has 1 aliphatic rings. The Labute approximate surface area is 108 Å². The summed E-state index contributed by atoms with van der Waals surface area (Å²) in [7, 11) is 0. The molecule has 0 amide bonds. The second-order valence-electron chi connectivity index (χ2n) is 6.06. The van der Waals surface area contributed by atoms with Gasteiger partial charge in [-0.2, -0.15) is 4.98 Å². The molecular formula is C13H23N3O2. The van der Waals surface area contributed by atoms with E-state index < -0.39 is 0 Å². The Balaban J connectivity index is 2.09. The maximum absolute atomic E-state index is 5.55. The second kappa shape index (κ2) is 4.97. The van der Waals surface area contributed by atoms with Crippen LogP contribution in [0, 0.1) is 0 Å². The van der Waals surface area contributed by atoms with Gasteiger partial charge in [-0.15, -0.1) is 0 Å². The minimum Gasteiger partial charge on any atom is -0.376 e. The van der Waals surface area contributed by atoms with Gasteiger partial charge in [0.05, 0.1) is 18.8 Å². The molecule has 5 heteroatoms. The van der Waals surface area contributed by atoms with Crippen molar-refractivity contribution in [1.82, 2.24) is 15.0 Å². The fourth-order valence-electron chi connectivity index (χ4n) is 2.06. The first-order valence-electron chi connectivity index (χ1n) is 6.57. The van der Waals surface area contributed by atoms with Crippen LogP contribution >= 0.6 is 0 Å². The van der Waals surface area contributed by atoms with E-state index in [1.807, 2.05) is 0 Å². The predicted molar refractivity (Wildman–Crippen MR) is 68.4 cm³/mol. The van der Waals surface area contributed by atoms with Gasteiger partial charge in [-0.3, -0.25) is 4.90 Å². The van der Waals surface area contributed by atoms with Crippen LogP contribution < -0.4 is 0 Å². The average molecular weight is 253 g/mol. The van der Waals surface area contributed by atoms with Crippen LogP contribution in [0.25, 0.3) is 0 Å². The van der Waals surface area contributed by atoms with Crippen LogP contribution in [0.1, 0.15) is 52.4 Å². The van der Waals surface area contributed by atoms with Gasteiger partial charge >= 0.3 is 0 Å². The minimum atomic E-state index is -0.0697. The Morgan fingerprint density at radius 2 is 2.11 bits per heavy atom. The summed E-state index contributed by atoms with van der Waals surface area (Å²) in [6, 6.07) is 0.153. The van der Waals surface area contributed by atoms with Crippen LogP contribution in [-0.4, -0.2) is 40.8 Å².